The number of aryl methyl sites for hydroxylation is 2. The van der Waals surface area contributed by atoms with Crippen molar-refractivity contribution in [2.45, 2.75) is 20.3 Å². The van der Waals surface area contributed by atoms with Crippen LogP contribution < -0.4 is 10.1 Å². The minimum atomic E-state index is -0.560. The zero-order chi connectivity index (χ0) is 23.3. The summed E-state index contributed by atoms with van der Waals surface area (Å²) in [7, 11) is 1.57. The van der Waals surface area contributed by atoms with Crippen LogP contribution in [-0.2, 0) is 11.2 Å². The number of carbonyl (C=O) groups excluding carboxylic acids is 1. The highest BCUT2D eigenvalue weighted by molar-refractivity contribution is 6.34. The van der Waals surface area contributed by atoms with Crippen molar-refractivity contribution < 1.29 is 9.53 Å². The van der Waals surface area contributed by atoms with E-state index in [1.165, 1.54) is 17.2 Å². The smallest absolute Gasteiger partial charge is 0.266 e. The first-order chi connectivity index (χ1) is 15.3. The fraction of sp³-hybridized carbons (Fsp3) is 0.154. The molecule has 0 saturated carbocycles. The zero-order valence-electron chi connectivity index (χ0n) is 18.0. The number of rotatable bonds is 6. The lowest BCUT2D eigenvalue weighted by Crippen LogP contribution is -2.13. The van der Waals surface area contributed by atoms with Crippen molar-refractivity contribution in [3.63, 3.8) is 0 Å². The molecule has 4 nitrogen and oxygen atoms in total. The van der Waals surface area contributed by atoms with Crippen molar-refractivity contribution in [1.82, 2.24) is 0 Å². The van der Waals surface area contributed by atoms with Gasteiger partial charge >= 0.3 is 0 Å². The molecule has 3 rings (SSSR count). The highest BCUT2D eigenvalue weighted by atomic mass is 35.5. The van der Waals surface area contributed by atoms with E-state index < -0.39 is 5.91 Å². The number of anilines is 1. The third-order valence-electron chi connectivity index (χ3n) is 4.86. The molecule has 0 atom stereocenters. The summed E-state index contributed by atoms with van der Waals surface area (Å²) in [5.41, 5.74) is 5.26. The lowest BCUT2D eigenvalue weighted by Gasteiger charge is -2.13. The summed E-state index contributed by atoms with van der Waals surface area (Å²) in [6.07, 6.45) is 2.08. The van der Waals surface area contributed by atoms with Crippen molar-refractivity contribution in [2.75, 3.05) is 12.4 Å². The summed E-state index contributed by atoms with van der Waals surface area (Å²) in [4.78, 5) is 12.6. The van der Waals surface area contributed by atoms with Crippen LogP contribution >= 0.6 is 23.2 Å². The van der Waals surface area contributed by atoms with Gasteiger partial charge in [0, 0.05) is 17.0 Å². The summed E-state index contributed by atoms with van der Waals surface area (Å²) in [5.74, 6) is 0.0294. The second-order valence-corrected chi connectivity index (χ2v) is 8.27. The van der Waals surface area contributed by atoms with Crippen molar-refractivity contribution in [1.29, 1.82) is 5.26 Å². The van der Waals surface area contributed by atoms with E-state index in [2.05, 4.69) is 37.4 Å². The normalized spacial score (nSPS) is 11.1. The maximum absolute atomic E-state index is 12.6. The van der Waals surface area contributed by atoms with Gasteiger partial charge in [0.25, 0.3) is 5.91 Å². The van der Waals surface area contributed by atoms with Gasteiger partial charge in [-0.2, -0.15) is 5.26 Å². The van der Waals surface area contributed by atoms with Crippen LogP contribution in [0.15, 0.2) is 60.2 Å². The molecule has 162 valence electrons. The molecule has 0 fully saturated rings. The summed E-state index contributed by atoms with van der Waals surface area (Å²) in [5, 5.41) is 13.1. The molecule has 0 aliphatic heterocycles. The van der Waals surface area contributed by atoms with Gasteiger partial charge in [0.2, 0.25) is 0 Å². The Hall–Kier alpha value is -3.26. The number of amides is 1. The van der Waals surface area contributed by atoms with Crippen LogP contribution in [0.1, 0.15) is 27.8 Å². The van der Waals surface area contributed by atoms with Crippen LogP contribution in [0.4, 0.5) is 5.69 Å². The number of hydrogen-bond donors (Lipinski definition) is 1. The SMILES string of the molecule is COc1cc(/C=C(\C#N)C(=O)Nc2ccccc2Cl)cc(Cl)c1Cc1cc(C)cc(C)c1. The first-order valence-corrected chi connectivity index (χ1v) is 10.7. The molecule has 0 aliphatic rings. The number of hydrogen-bond acceptors (Lipinski definition) is 3. The molecule has 0 aliphatic carbocycles. The fourth-order valence-corrected chi connectivity index (χ4v) is 3.98. The number of para-hydroxylation sites is 1. The molecule has 0 bridgehead atoms. The maximum Gasteiger partial charge on any atom is 0.266 e. The second kappa shape index (κ2) is 10.4. The van der Waals surface area contributed by atoms with Gasteiger partial charge in [-0.1, -0.05) is 64.7 Å². The monoisotopic (exact) mass is 464 g/mol. The summed E-state index contributed by atoms with van der Waals surface area (Å²) >= 11 is 12.7. The minimum absolute atomic E-state index is 0.0786. The van der Waals surface area contributed by atoms with E-state index in [-0.39, 0.29) is 5.57 Å². The first-order valence-electron chi connectivity index (χ1n) is 9.92. The highest BCUT2D eigenvalue weighted by Crippen LogP contribution is 2.32. The molecule has 32 heavy (non-hydrogen) atoms. The molecule has 3 aromatic carbocycles. The van der Waals surface area contributed by atoms with Gasteiger partial charge in [-0.3, -0.25) is 4.79 Å². The van der Waals surface area contributed by atoms with Crippen molar-refractivity contribution in [2.24, 2.45) is 0 Å². The largest absolute Gasteiger partial charge is 0.496 e. The molecule has 0 saturated heterocycles. The Labute approximate surface area is 198 Å². The second-order valence-electron chi connectivity index (χ2n) is 7.46. The summed E-state index contributed by atoms with van der Waals surface area (Å²) in [6.45, 7) is 4.11. The van der Waals surface area contributed by atoms with Crippen molar-refractivity contribution >= 4 is 40.9 Å². The predicted molar refractivity (Wildman–Crippen MR) is 130 cm³/mol. The molecule has 6 heteroatoms. The molecule has 1 N–H and O–H groups in total. The first kappa shape index (κ1) is 23.4. The molecule has 0 unspecified atom stereocenters. The molecule has 1 amide bonds. The maximum atomic E-state index is 12.6. The van der Waals surface area contributed by atoms with E-state index in [0.29, 0.717) is 33.5 Å². The van der Waals surface area contributed by atoms with Crippen LogP contribution in [-0.4, -0.2) is 13.0 Å². The Bertz CT molecular complexity index is 1220. The summed E-state index contributed by atoms with van der Waals surface area (Å²) in [6, 6.07) is 18.6. The number of halogens is 2. The average Bonchev–Trinajstić information content (AvgIpc) is 2.74. The van der Waals surface area contributed by atoms with Gasteiger partial charge in [-0.25, -0.2) is 0 Å². The van der Waals surface area contributed by atoms with E-state index in [4.69, 9.17) is 27.9 Å². The average molecular weight is 465 g/mol. The quantitative estimate of drug-likeness (QED) is 0.323. The highest BCUT2D eigenvalue weighted by Gasteiger charge is 2.15. The molecule has 0 radical (unpaired) electrons. The molecular formula is C26H22Cl2N2O2. The molecule has 0 spiro atoms. The number of benzene rings is 3. The lowest BCUT2D eigenvalue weighted by atomic mass is 9.98. The molecular weight excluding hydrogens is 443 g/mol. The van der Waals surface area contributed by atoms with E-state index in [0.717, 1.165) is 11.1 Å². The number of ether oxygens (including phenoxy) is 1. The standard InChI is InChI=1S/C26H22Cl2N2O2/c1-16-8-17(2)10-18(9-16)12-21-23(28)13-19(14-25(21)32-3)11-20(15-29)26(31)30-24-7-5-4-6-22(24)27/h4-11,13-14H,12H2,1-3H3,(H,30,31)/b20-11+. The van der Waals surface area contributed by atoms with Crippen LogP contribution in [0.5, 0.6) is 5.75 Å². The Kier molecular flexibility index (Phi) is 7.58. The van der Waals surface area contributed by atoms with Crippen LogP contribution in [0.2, 0.25) is 10.0 Å². The number of carbonyl (C=O) groups is 1. The number of nitrogens with one attached hydrogen (secondary N) is 1. The topological polar surface area (TPSA) is 62.1 Å². The third kappa shape index (κ3) is 5.70. The fourth-order valence-electron chi connectivity index (χ4n) is 3.51. The zero-order valence-corrected chi connectivity index (χ0v) is 19.5. The van der Waals surface area contributed by atoms with Crippen LogP contribution in [0, 0.1) is 25.2 Å². The van der Waals surface area contributed by atoms with Crippen LogP contribution in [0.3, 0.4) is 0 Å². The van der Waals surface area contributed by atoms with Gasteiger partial charge in [-0.05, 0) is 55.3 Å². The lowest BCUT2D eigenvalue weighted by molar-refractivity contribution is -0.112. The van der Waals surface area contributed by atoms with E-state index in [1.807, 2.05) is 6.07 Å². The Morgan fingerprint density at radius 3 is 2.38 bits per heavy atom. The number of nitrogens with zero attached hydrogens (tertiary/aromatic N) is 1. The van der Waals surface area contributed by atoms with Gasteiger partial charge in [0.1, 0.15) is 17.4 Å². The van der Waals surface area contributed by atoms with Gasteiger partial charge in [-0.15, -0.1) is 0 Å². The molecule has 3 aromatic rings. The minimum Gasteiger partial charge on any atom is -0.496 e. The number of methoxy groups -OCH3 is 1. The van der Waals surface area contributed by atoms with Gasteiger partial charge < -0.3 is 10.1 Å². The Morgan fingerprint density at radius 1 is 1.06 bits per heavy atom. The Morgan fingerprint density at radius 2 is 1.75 bits per heavy atom. The van der Waals surface area contributed by atoms with E-state index >= 15 is 0 Å². The van der Waals surface area contributed by atoms with E-state index in [9.17, 15) is 10.1 Å². The predicted octanol–water partition coefficient (Wildman–Crippen LogP) is 6.76. The molecule has 0 aromatic heterocycles. The Balaban J connectivity index is 1.91. The van der Waals surface area contributed by atoms with Gasteiger partial charge in [0.05, 0.1) is 17.8 Å². The number of nitriles is 1. The van der Waals surface area contributed by atoms with Crippen LogP contribution in [0.25, 0.3) is 6.08 Å². The van der Waals surface area contributed by atoms with E-state index in [1.54, 1.807) is 43.5 Å². The molecule has 0 heterocycles. The summed E-state index contributed by atoms with van der Waals surface area (Å²) < 4.78 is 5.57. The van der Waals surface area contributed by atoms with Crippen molar-refractivity contribution in [3.05, 3.63) is 98.0 Å². The third-order valence-corrected chi connectivity index (χ3v) is 5.52. The van der Waals surface area contributed by atoms with Gasteiger partial charge in [0.15, 0.2) is 0 Å². The van der Waals surface area contributed by atoms with Crippen molar-refractivity contribution in [3.8, 4) is 11.8 Å².